The van der Waals surface area contributed by atoms with Crippen LogP contribution in [0.15, 0.2) is 18.3 Å². The van der Waals surface area contributed by atoms with Gasteiger partial charge in [-0.25, -0.2) is 4.98 Å². The Labute approximate surface area is 101 Å². The lowest BCUT2D eigenvalue weighted by atomic mass is 10.4. The number of amides is 1. The van der Waals surface area contributed by atoms with Crippen molar-refractivity contribution in [3.05, 3.63) is 21.9 Å². The van der Waals surface area contributed by atoms with Gasteiger partial charge in [0.25, 0.3) is 0 Å². The highest BCUT2D eigenvalue weighted by Gasteiger charge is 2.29. The Morgan fingerprint density at radius 1 is 1.64 bits per heavy atom. The second-order valence-electron chi connectivity index (χ2n) is 3.17. The molecule has 2 heterocycles. The van der Waals surface area contributed by atoms with Crippen LogP contribution in [0.4, 0.5) is 5.82 Å². The van der Waals surface area contributed by atoms with Gasteiger partial charge in [-0.3, -0.25) is 9.69 Å². The van der Waals surface area contributed by atoms with E-state index in [4.69, 9.17) is 0 Å². The average molecular weight is 320 g/mol. The molecule has 1 aromatic heterocycles. The zero-order valence-electron chi connectivity index (χ0n) is 7.35. The van der Waals surface area contributed by atoms with Gasteiger partial charge in [-0.2, -0.15) is 12.6 Å². The van der Waals surface area contributed by atoms with Crippen LogP contribution in [0.1, 0.15) is 6.42 Å². The number of hydrogen-bond acceptors (Lipinski definition) is 3. The normalized spacial score (nSPS) is 21.7. The van der Waals surface area contributed by atoms with E-state index < -0.39 is 0 Å². The van der Waals surface area contributed by atoms with Gasteiger partial charge in [0.2, 0.25) is 5.91 Å². The Morgan fingerprint density at radius 2 is 2.43 bits per heavy atom. The number of pyridine rings is 1. The van der Waals surface area contributed by atoms with Crippen LogP contribution in [-0.2, 0) is 4.79 Å². The molecule has 0 saturated carbocycles. The number of thiol groups is 1. The van der Waals surface area contributed by atoms with E-state index >= 15 is 0 Å². The highest BCUT2D eigenvalue weighted by Crippen LogP contribution is 2.25. The summed E-state index contributed by atoms with van der Waals surface area (Å²) in [5.41, 5.74) is 0. The molecule has 0 spiro atoms. The molecule has 74 valence electrons. The van der Waals surface area contributed by atoms with Crippen molar-refractivity contribution in [1.82, 2.24) is 4.98 Å². The highest BCUT2D eigenvalue weighted by molar-refractivity contribution is 14.1. The second-order valence-corrected chi connectivity index (χ2v) is 5.06. The van der Waals surface area contributed by atoms with Gasteiger partial charge in [-0.05, 0) is 34.7 Å². The fourth-order valence-electron chi connectivity index (χ4n) is 1.47. The third-order valence-electron chi connectivity index (χ3n) is 2.10. The van der Waals surface area contributed by atoms with Gasteiger partial charge >= 0.3 is 0 Å². The minimum absolute atomic E-state index is 0.113. The predicted molar refractivity (Wildman–Crippen MR) is 66.7 cm³/mol. The summed E-state index contributed by atoms with van der Waals surface area (Å²) >= 11 is 6.49. The summed E-state index contributed by atoms with van der Waals surface area (Å²) in [6.45, 7) is 0.662. The summed E-state index contributed by atoms with van der Waals surface area (Å²) in [6.07, 6.45) is 2.21. The third-order valence-corrected chi connectivity index (χ3v) is 3.29. The number of carbonyl (C=O) groups excluding carboxylic acids is 1. The van der Waals surface area contributed by atoms with Gasteiger partial charge < -0.3 is 0 Å². The first-order valence-electron chi connectivity index (χ1n) is 4.27. The van der Waals surface area contributed by atoms with Gasteiger partial charge in [-0.1, -0.05) is 0 Å². The van der Waals surface area contributed by atoms with Gasteiger partial charge in [-0.15, -0.1) is 0 Å². The molecular weight excluding hydrogens is 311 g/mol. The van der Waals surface area contributed by atoms with E-state index in [0.29, 0.717) is 13.0 Å². The average Bonchev–Trinajstić information content (AvgIpc) is 2.46. The molecule has 0 N–H and O–H groups in total. The Kier molecular flexibility index (Phi) is 2.96. The number of rotatable bonds is 1. The smallest absolute Gasteiger partial charge is 0.229 e. The molecule has 1 unspecified atom stereocenters. The molecule has 0 bridgehead atoms. The minimum atomic E-state index is 0.113. The number of carbonyl (C=O) groups is 1. The van der Waals surface area contributed by atoms with Crippen LogP contribution < -0.4 is 4.90 Å². The molecule has 1 fully saturated rings. The van der Waals surface area contributed by atoms with E-state index in [9.17, 15) is 4.79 Å². The summed E-state index contributed by atoms with van der Waals surface area (Å²) < 4.78 is 1.00. The molecule has 14 heavy (non-hydrogen) atoms. The number of nitrogens with zero attached hydrogens (tertiary/aromatic N) is 2. The molecule has 1 aliphatic heterocycles. The zero-order valence-corrected chi connectivity index (χ0v) is 10.4. The van der Waals surface area contributed by atoms with Crippen LogP contribution in [0.3, 0.4) is 0 Å². The van der Waals surface area contributed by atoms with Crippen molar-refractivity contribution in [2.24, 2.45) is 0 Å². The van der Waals surface area contributed by atoms with Crippen LogP contribution in [0.5, 0.6) is 0 Å². The Balaban J connectivity index is 2.32. The van der Waals surface area contributed by atoms with Crippen LogP contribution in [-0.4, -0.2) is 22.7 Å². The SMILES string of the molecule is O=C1CC(S)CN1c1ncccc1I. The molecule has 5 heteroatoms. The Bertz CT molecular complexity index is 372. The maximum atomic E-state index is 11.6. The van der Waals surface area contributed by atoms with E-state index in [1.807, 2.05) is 12.1 Å². The van der Waals surface area contributed by atoms with E-state index in [2.05, 4.69) is 40.2 Å². The standard InChI is InChI=1S/C9H9IN2OS/c10-7-2-1-3-11-9(7)12-5-6(14)4-8(12)13/h1-3,6,14H,4-5H2. The first kappa shape index (κ1) is 10.2. The van der Waals surface area contributed by atoms with Gasteiger partial charge in [0, 0.05) is 24.4 Å². The van der Waals surface area contributed by atoms with Crippen molar-refractivity contribution in [2.45, 2.75) is 11.7 Å². The van der Waals surface area contributed by atoms with Crippen LogP contribution in [0, 0.1) is 3.57 Å². The van der Waals surface area contributed by atoms with E-state index in [-0.39, 0.29) is 11.2 Å². The van der Waals surface area contributed by atoms with Gasteiger partial charge in [0.1, 0.15) is 5.82 Å². The summed E-state index contributed by atoms with van der Waals surface area (Å²) in [5.74, 6) is 0.872. The number of anilines is 1. The molecule has 1 amide bonds. The molecule has 0 aromatic carbocycles. The van der Waals surface area contributed by atoms with Crippen molar-refractivity contribution in [3.63, 3.8) is 0 Å². The van der Waals surface area contributed by atoms with Crippen LogP contribution in [0.2, 0.25) is 0 Å². The first-order valence-corrected chi connectivity index (χ1v) is 5.87. The number of aromatic nitrogens is 1. The number of hydrogen-bond donors (Lipinski definition) is 1. The minimum Gasteiger partial charge on any atom is -0.295 e. The molecule has 3 nitrogen and oxygen atoms in total. The molecule has 1 aliphatic rings. The summed E-state index contributed by atoms with van der Waals surface area (Å²) in [5, 5.41) is 0.139. The largest absolute Gasteiger partial charge is 0.295 e. The summed E-state index contributed by atoms with van der Waals surface area (Å²) in [6, 6.07) is 3.81. The quantitative estimate of drug-likeness (QED) is 0.631. The zero-order chi connectivity index (χ0) is 10.1. The highest BCUT2D eigenvalue weighted by atomic mass is 127. The third kappa shape index (κ3) is 1.88. The summed E-state index contributed by atoms with van der Waals surface area (Å²) in [7, 11) is 0. The van der Waals surface area contributed by atoms with Crippen molar-refractivity contribution in [2.75, 3.05) is 11.4 Å². The van der Waals surface area contributed by atoms with Crippen molar-refractivity contribution < 1.29 is 4.79 Å². The van der Waals surface area contributed by atoms with E-state index in [1.165, 1.54) is 0 Å². The molecule has 0 radical (unpaired) electrons. The molecule has 1 aromatic rings. The lowest BCUT2D eigenvalue weighted by Gasteiger charge is -2.15. The molecule has 1 atom stereocenters. The van der Waals surface area contributed by atoms with Gasteiger partial charge in [0.05, 0.1) is 3.57 Å². The van der Waals surface area contributed by atoms with Crippen LogP contribution >= 0.6 is 35.2 Å². The van der Waals surface area contributed by atoms with E-state index in [0.717, 1.165) is 9.39 Å². The van der Waals surface area contributed by atoms with Crippen molar-refractivity contribution in [3.8, 4) is 0 Å². The second kappa shape index (κ2) is 4.06. The lowest BCUT2D eigenvalue weighted by molar-refractivity contribution is -0.117. The fraction of sp³-hybridized carbons (Fsp3) is 0.333. The predicted octanol–water partition coefficient (Wildman–Crippen LogP) is 1.72. The fourth-order valence-corrected chi connectivity index (χ4v) is 2.43. The van der Waals surface area contributed by atoms with Crippen LogP contribution in [0.25, 0.3) is 0 Å². The monoisotopic (exact) mass is 320 g/mol. The number of halogens is 1. The Morgan fingerprint density at radius 3 is 3.00 bits per heavy atom. The van der Waals surface area contributed by atoms with Crippen molar-refractivity contribution in [1.29, 1.82) is 0 Å². The van der Waals surface area contributed by atoms with Gasteiger partial charge in [0.15, 0.2) is 0 Å². The van der Waals surface area contributed by atoms with E-state index in [1.54, 1.807) is 11.1 Å². The summed E-state index contributed by atoms with van der Waals surface area (Å²) in [4.78, 5) is 17.5. The molecule has 2 rings (SSSR count). The molecule has 1 saturated heterocycles. The Hall–Kier alpha value is -0.300. The maximum Gasteiger partial charge on any atom is 0.229 e. The lowest BCUT2D eigenvalue weighted by Crippen LogP contribution is -2.26. The maximum absolute atomic E-state index is 11.6. The topological polar surface area (TPSA) is 33.2 Å². The first-order chi connectivity index (χ1) is 6.68. The molecule has 0 aliphatic carbocycles. The van der Waals surface area contributed by atoms with Crippen molar-refractivity contribution >= 4 is 46.9 Å². The molecular formula is C9H9IN2OS.